The maximum Gasteiger partial charge on any atom is 0.195 e. The van der Waals surface area contributed by atoms with Gasteiger partial charge in [0.05, 0.1) is 25.5 Å². The average Bonchev–Trinajstić information content (AvgIpc) is 2.68. The zero-order chi connectivity index (χ0) is 22.9. The predicted molar refractivity (Wildman–Crippen MR) is 127 cm³/mol. The molecule has 0 bridgehead atoms. The van der Waals surface area contributed by atoms with E-state index >= 15 is 0 Å². The number of benzene rings is 2. The van der Waals surface area contributed by atoms with Crippen LogP contribution >= 0.6 is 0 Å². The number of aliphatic imine (C=N–C) groups is 1. The van der Waals surface area contributed by atoms with Gasteiger partial charge in [-0.15, -0.1) is 0 Å². The quantitative estimate of drug-likeness (QED) is 0.428. The number of methoxy groups -OCH3 is 1. The number of hydrogen-bond acceptors (Lipinski definition) is 5. The Kier molecular flexibility index (Phi) is 9.18. The molecular weight excluding hydrogens is 414 g/mol. The van der Waals surface area contributed by atoms with E-state index in [0.29, 0.717) is 12.5 Å². The first-order valence-electron chi connectivity index (χ1n) is 10.3. The SMILES string of the molecule is COc1ccc(C)cc1CCNC(=NCCS(C)(=O)=O)Nc1ccc(OC(C)C)cc1. The first-order chi connectivity index (χ1) is 14.7. The Bertz CT molecular complexity index is 971. The number of guanidine groups is 1. The Labute approximate surface area is 185 Å². The van der Waals surface area contributed by atoms with Gasteiger partial charge in [-0.2, -0.15) is 0 Å². The lowest BCUT2D eigenvalue weighted by atomic mass is 10.1. The molecule has 8 heteroatoms. The van der Waals surface area contributed by atoms with Crippen LogP contribution in [0.5, 0.6) is 11.5 Å². The molecule has 0 saturated carbocycles. The van der Waals surface area contributed by atoms with E-state index in [4.69, 9.17) is 9.47 Å². The Morgan fingerprint density at radius 1 is 1.13 bits per heavy atom. The van der Waals surface area contributed by atoms with E-state index in [9.17, 15) is 8.42 Å². The van der Waals surface area contributed by atoms with Crippen molar-refractivity contribution in [2.75, 3.05) is 37.5 Å². The number of nitrogens with zero attached hydrogens (tertiary/aromatic N) is 1. The van der Waals surface area contributed by atoms with E-state index in [1.165, 1.54) is 11.8 Å². The summed E-state index contributed by atoms with van der Waals surface area (Å²) in [6.45, 7) is 6.79. The topological polar surface area (TPSA) is 89.0 Å². The van der Waals surface area contributed by atoms with Gasteiger partial charge in [0.2, 0.25) is 0 Å². The Morgan fingerprint density at radius 2 is 1.84 bits per heavy atom. The van der Waals surface area contributed by atoms with E-state index in [1.54, 1.807) is 7.11 Å². The summed E-state index contributed by atoms with van der Waals surface area (Å²) >= 11 is 0. The van der Waals surface area contributed by atoms with Gasteiger partial charge >= 0.3 is 0 Å². The lowest BCUT2D eigenvalue weighted by Crippen LogP contribution is -2.33. The molecule has 170 valence electrons. The van der Waals surface area contributed by atoms with E-state index < -0.39 is 9.84 Å². The number of aryl methyl sites for hydroxylation is 1. The lowest BCUT2D eigenvalue weighted by Gasteiger charge is -2.15. The molecule has 0 heterocycles. The fourth-order valence-electron chi connectivity index (χ4n) is 2.91. The molecule has 2 aromatic carbocycles. The van der Waals surface area contributed by atoms with Crippen molar-refractivity contribution in [1.82, 2.24) is 5.32 Å². The van der Waals surface area contributed by atoms with Crippen molar-refractivity contribution < 1.29 is 17.9 Å². The van der Waals surface area contributed by atoms with Crippen LogP contribution in [-0.4, -0.2) is 52.7 Å². The molecule has 0 saturated heterocycles. The number of nitrogens with one attached hydrogen (secondary N) is 2. The van der Waals surface area contributed by atoms with Gasteiger partial charge in [0.15, 0.2) is 5.96 Å². The second-order valence-electron chi connectivity index (χ2n) is 7.67. The molecule has 0 spiro atoms. The molecule has 0 aliphatic heterocycles. The van der Waals surface area contributed by atoms with Crippen LogP contribution in [0.25, 0.3) is 0 Å². The number of sulfone groups is 1. The van der Waals surface area contributed by atoms with Crippen LogP contribution in [-0.2, 0) is 16.3 Å². The van der Waals surface area contributed by atoms with Gasteiger partial charge in [-0.25, -0.2) is 8.42 Å². The number of anilines is 1. The number of ether oxygens (including phenoxy) is 2. The first-order valence-corrected chi connectivity index (χ1v) is 12.4. The lowest BCUT2D eigenvalue weighted by molar-refractivity contribution is 0.242. The molecule has 0 radical (unpaired) electrons. The van der Waals surface area contributed by atoms with Gasteiger partial charge in [0.1, 0.15) is 21.3 Å². The van der Waals surface area contributed by atoms with E-state index in [0.717, 1.165) is 29.2 Å². The molecule has 7 nitrogen and oxygen atoms in total. The molecule has 0 atom stereocenters. The highest BCUT2D eigenvalue weighted by atomic mass is 32.2. The number of hydrogen-bond donors (Lipinski definition) is 2. The van der Waals surface area contributed by atoms with Crippen molar-refractivity contribution >= 4 is 21.5 Å². The first kappa shape index (κ1) is 24.5. The van der Waals surface area contributed by atoms with Crippen LogP contribution in [0, 0.1) is 6.92 Å². The Hall–Kier alpha value is -2.74. The largest absolute Gasteiger partial charge is 0.496 e. The average molecular weight is 448 g/mol. The van der Waals surface area contributed by atoms with Gasteiger partial charge < -0.3 is 20.1 Å². The van der Waals surface area contributed by atoms with Crippen LogP contribution in [0.3, 0.4) is 0 Å². The third-order valence-electron chi connectivity index (χ3n) is 4.34. The second-order valence-corrected chi connectivity index (χ2v) is 9.93. The third-order valence-corrected chi connectivity index (χ3v) is 5.27. The molecule has 2 N–H and O–H groups in total. The Morgan fingerprint density at radius 3 is 2.45 bits per heavy atom. The highest BCUT2D eigenvalue weighted by molar-refractivity contribution is 7.90. The molecule has 0 aliphatic rings. The summed E-state index contributed by atoms with van der Waals surface area (Å²) in [6.07, 6.45) is 2.05. The normalized spacial score (nSPS) is 12.0. The standard InChI is InChI=1S/C23H33N3O4S/c1-17(2)30-21-9-7-20(8-10-21)26-23(25-14-15-31(5,27)28)24-13-12-19-16-18(3)6-11-22(19)29-4/h6-11,16-17H,12-15H2,1-5H3,(H2,24,25,26). The molecule has 0 amide bonds. The van der Waals surface area contributed by atoms with Crippen molar-refractivity contribution in [2.45, 2.75) is 33.3 Å². The van der Waals surface area contributed by atoms with E-state index in [-0.39, 0.29) is 18.4 Å². The predicted octanol–water partition coefficient (Wildman–Crippen LogP) is 3.44. The van der Waals surface area contributed by atoms with Crippen LogP contribution in [0.4, 0.5) is 5.69 Å². The molecule has 0 fully saturated rings. The van der Waals surface area contributed by atoms with Crippen LogP contribution < -0.4 is 20.1 Å². The molecule has 0 aromatic heterocycles. The molecule has 0 unspecified atom stereocenters. The molecule has 2 rings (SSSR count). The van der Waals surface area contributed by atoms with Gasteiger partial charge in [-0.1, -0.05) is 17.7 Å². The molecule has 31 heavy (non-hydrogen) atoms. The molecule has 0 aliphatic carbocycles. The van der Waals surface area contributed by atoms with Gasteiger partial charge in [0.25, 0.3) is 0 Å². The van der Waals surface area contributed by atoms with Crippen molar-refractivity contribution in [3.05, 3.63) is 53.6 Å². The minimum absolute atomic E-state index is 0.00721. The van der Waals surface area contributed by atoms with Gasteiger partial charge in [-0.05, 0) is 63.1 Å². The zero-order valence-electron chi connectivity index (χ0n) is 18.9. The maximum absolute atomic E-state index is 11.5. The maximum atomic E-state index is 11.5. The fraction of sp³-hybridized carbons (Fsp3) is 0.435. The zero-order valence-corrected chi connectivity index (χ0v) is 19.8. The summed E-state index contributed by atoms with van der Waals surface area (Å²) < 4.78 is 34.0. The monoisotopic (exact) mass is 447 g/mol. The summed E-state index contributed by atoms with van der Waals surface area (Å²) in [5, 5.41) is 6.51. The van der Waals surface area contributed by atoms with Crippen molar-refractivity contribution in [2.24, 2.45) is 4.99 Å². The third kappa shape index (κ3) is 9.29. The van der Waals surface area contributed by atoms with Crippen LogP contribution in [0.1, 0.15) is 25.0 Å². The summed E-state index contributed by atoms with van der Waals surface area (Å²) in [4.78, 5) is 4.42. The summed E-state index contributed by atoms with van der Waals surface area (Å²) in [6, 6.07) is 13.6. The van der Waals surface area contributed by atoms with E-state index in [2.05, 4.69) is 21.7 Å². The van der Waals surface area contributed by atoms with Gasteiger partial charge in [-0.3, -0.25) is 4.99 Å². The van der Waals surface area contributed by atoms with E-state index in [1.807, 2.05) is 57.2 Å². The second kappa shape index (κ2) is 11.6. The molecule has 2 aromatic rings. The summed E-state index contributed by atoms with van der Waals surface area (Å²) in [7, 11) is -1.42. The van der Waals surface area contributed by atoms with Crippen molar-refractivity contribution in [1.29, 1.82) is 0 Å². The van der Waals surface area contributed by atoms with Crippen LogP contribution in [0.2, 0.25) is 0 Å². The molecular formula is C23H33N3O4S. The minimum atomic E-state index is -3.08. The highest BCUT2D eigenvalue weighted by Gasteiger charge is 2.07. The fourth-order valence-corrected chi connectivity index (χ4v) is 3.33. The van der Waals surface area contributed by atoms with Crippen LogP contribution in [0.15, 0.2) is 47.5 Å². The smallest absolute Gasteiger partial charge is 0.195 e. The summed E-state index contributed by atoms with van der Waals surface area (Å²) in [5.74, 6) is 2.15. The van der Waals surface area contributed by atoms with Gasteiger partial charge in [0, 0.05) is 18.5 Å². The minimum Gasteiger partial charge on any atom is -0.496 e. The number of rotatable bonds is 10. The highest BCUT2D eigenvalue weighted by Crippen LogP contribution is 2.20. The van der Waals surface area contributed by atoms with Crippen molar-refractivity contribution in [3.8, 4) is 11.5 Å². The summed E-state index contributed by atoms with van der Waals surface area (Å²) in [5.41, 5.74) is 3.09. The van der Waals surface area contributed by atoms with Crippen molar-refractivity contribution in [3.63, 3.8) is 0 Å². The Balaban J connectivity index is 2.06.